The topological polar surface area (TPSA) is 95.5 Å². The first-order valence-electron chi connectivity index (χ1n) is 5.52. The van der Waals surface area contributed by atoms with Gasteiger partial charge in [-0.15, -0.1) is 0 Å². The minimum absolute atomic E-state index is 0.269. The Morgan fingerprint density at radius 3 is 2.61 bits per heavy atom. The van der Waals surface area contributed by atoms with Crippen LogP contribution in [-0.4, -0.2) is 28.9 Å². The zero-order valence-corrected chi connectivity index (χ0v) is 9.69. The van der Waals surface area contributed by atoms with Crippen molar-refractivity contribution in [3.63, 3.8) is 0 Å². The van der Waals surface area contributed by atoms with Crippen LogP contribution < -0.4 is 10.6 Å². The Hall–Kier alpha value is -2.37. The monoisotopic (exact) mass is 248 g/mol. The Balaban J connectivity index is 2.27. The molecule has 6 nitrogen and oxygen atoms in total. The van der Waals surface area contributed by atoms with Crippen molar-refractivity contribution in [2.75, 3.05) is 5.32 Å². The molecule has 6 heteroatoms. The normalized spacial score (nSPS) is 14.9. The summed E-state index contributed by atoms with van der Waals surface area (Å²) in [6, 6.07) is 3.86. The SMILES string of the molecule is CCC(Nc1ccc2c(c1)C(=O)NC2=O)C(=O)O. The van der Waals surface area contributed by atoms with Crippen LogP contribution in [0, 0.1) is 0 Å². The van der Waals surface area contributed by atoms with E-state index in [1.807, 2.05) is 0 Å². The molecular weight excluding hydrogens is 236 g/mol. The van der Waals surface area contributed by atoms with Crippen LogP contribution >= 0.6 is 0 Å². The van der Waals surface area contributed by atoms with Crippen LogP contribution in [0.1, 0.15) is 34.1 Å². The van der Waals surface area contributed by atoms with E-state index in [4.69, 9.17) is 5.11 Å². The quantitative estimate of drug-likeness (QED) is 0.686. The molecule has 3 N–H and O–H groups in total. The van der Waals surface area contributed by atoms with Crippen molar-refractivity contribution in [2.24, 2.45) is 0 Å². The van der Waals surface area contributed by atoms with Crippen LogP contribution in [0.2, 0.25) is 0 Å². The van der Waals surface area contributed by atoms with E-state index in [0.717, 1.165) is 0 Å². The molecule has 1 aliphatic rings. The van der Waals surface area contributed by atoms with Crippen molar-refractivity contribution < 1.29 is 19.5 Å². The molecule has 0 spiro atoms. The second kappa shape index (κ2) is 4.48. The van der Waals surface area contributed by atoms with Crippen molar-refractivity contribution in [1.29, 1.82) is 0 Å². The highest BCUT2D eigenvalue weighted by Gasteiger charge is 2.27. The van der Waals surface area contributed by atoms with Crippen molar-refractivity contribution in [3.05, 3.63) is 29.3 Å². The molecule has 0 bridgehead atoms. The molecule has 0 radical (unpaired) electrons. The van der Waals surface area contributed by atoms with E-state index in [1.54, 1.807) is 13.0 Å². The molecule has 1 aliphatic heterocycles. The largest absolute Gasteiger partial charge is 0.480 e. The molecule has 94 valence electrons. The minimum atomic E-state index is -0.960. The van der Waals surface area contributed by atoms with E-state index in [2.05, 4.69) is 10.6 Å². The number of nitrogens with one attached hydrogen (secondary N) is 2. The van der Waals surface area contributed by atoms with Gasteiger partial charge >= 0.3 is 5.97 Å². The number of fused-ring (bicyclic) bond motifs is 1. The maximum absolute atomic E-state index is 11.4. The lowest BCUT2D eigenvalue weighted by atomic mass is 10.1. The fraction of sp³-hybridized carbons (Fsp3) is 0.250. The van der Waals surface area contributed by atoms with Gasteiger partial charge in [-0.2, -0.15) is 0 Å². The predicted octanol–water partition coefficient (Wildman–Crippen LogP) is 0.845. The highest BCUT2D eigenvalue weighted by molar-refractivity contribution is 6.21. The number of carboxylic acid groups (broad SMARTS) is 1. The Labute approximate surface area is 103 Å². The van der Waals surface area contributed by atoms with E-state index in [9.17, 15) is 14.4 Å². The number of aliphatic carboxylic acids is 1. The summed E-state index contributed by atoms with van der Waals surface area (Å²) in [6.07, 6.45) is 0.414. The molecule has 1 heterocycles. The summed E-state index contributed by atoms with van der Waals surface area (Å²) in [6.45, 7) is 1.75. The number of carbonyl (C=O) groups is 3. The predicted molar refractivity (Wildman–Crippen MR) is 63.6 cm³/mol. The number of carboxylic acids is 1. The first-order chi connectivity index (χ1) is 8.52. The lowest BCUT2D eigenvalue weighted by molar-refractivity contribution is -0.137. The Kier molecular flexibility index (Phi) is 3.01. The van der Waals surface area contributed by atoms with Crippen LogP contribution in [0.25, 0.3) is 0 Å². The van der Waals surface area contributed by atoms with E-state index in [0.29, 0.717) is 17.7 Å². The zero-order chi connectivity index (χ0) is 13.3. The average molecular weight is 248 g/mol. The van der Waals surface area contributed by atoms with Gasteiger partial charge in [0.05, 0.1) is 11.1 Å². The van der Waals surface area contributed by atoms with E-state index in [-0.39, 0.29) is 5.56 Å². The van der Waals surface area contributed by atoms with Gasteiger partial charge in [0, 0.05) is 5.69 Å². The standard InChI is InChI=1S/C12H12N2O4/c1-2-9(12(17)18)13-6-3-4-7-8(5-6)11(16)14-10(7)15/h3-5,9,13H,2H2,1H3,(H,17,18)(H,14,15,16). The third kappa shape index (κ3) is 2.04. The molecule has 0 aromatic heterocycles. The Morgan fingerprint density at radius 1 is 1.33 bits per heavy atom. The van der Waals surface area contributed by atoms with Gasteiger partial charge in [-0.3, -0.25) is 14.9 Å². The summed E-state index contributed by atoms with van der Waals surface area (Å²) in [5.41, 5.74) is 1.09. The second-order valence-corrected chi connectivity index (χ2v) is 3.99. The van der Waals surface area contributed by atoms with E-state index in [1.165, 1.54) is 12.1 Å². The Morgan fingerprint density at radius 2 is 2.00 bits per heavy atom. The number of hydrogen-bond donors (Lipinski definition) is 3. The van der Waals surface area contributed by atoms with E-state index >= 15 is 0 Å². The molecule has 0 saturated heterocycles. The average Bonchev–Trinajstić information content (AvgIpc) is 2.61. The molecule has 1 aromatic rings. The van der Waals surface area contributed by atoms with Crippen molar-refractivity contribution in [2.45, 2.75) is 19.4 Å². The van der Waals surface area contributed by atoms with Gasteiger partial charge in [0.2, 0.25) is 0 Å². The first kappa shape index (κ1) is 12.1. The molecule has 1 atom stereocenters. The van der Waals surface area contributed by atoms with Gasteiger partial charge in [0.25, 0.3) is 11.8 Å². The molecular formula is C12H12N2O4. The maximum Gasteiger partial charge on any atom is 0.326 e. The van der Waals surface area contributed by atoms with Crippen LogP contribution in [0.15, 0.2) is 18.2 Å². The fourth-order valence-electron chi connectivity index (χ4n) is 1.80. The van der Waals surface area contributed by atoms with Gasteiger partial charge < -0.3 is 10.4 Å². The van der Waals surface area contributed by atoms with Gasteiger partial charge in [-0.05, 0) is 24.6 Å². The number of hydrogen-bond acceptors (Lipinski definition) is 4. The number of anilines is 1. The van der Waals surface area contributed by atoms with Crippen LogP contribution in [0.4, 0.5) is 5.69 Å². The fourth-order valence-corrected chi connectivity index (χ4v) is 1.80. The number of benzene rings is 1. The molecule has 1 aromatic carbocycles. The first-order valence-corrected chi connectivity index (χ1v) is 5.52. The molecule has 2 rings (SSSR count). The molecule has 2 amide bonds. The molecule has 0 saturated carbocycles. The summed E-state index contributed by atoms with van der Waals surface area (Å²) < 4.78 is 0. The van der Waals surface area contributed by atoms with Crippen molar-refractivity contribution in [1.82, 2.24) is 5.32 Å². The van der Waals surface area contributed by atoms with E-state index < -0.39 is 23.8 Å². The maximum atomic E-state index is 11.4. The highest BCUT2D eigenvalue weighted by Crippen LogP contribution is 2.21. The number of carbonyl (C=O) groups excluding carboxylic acids is 2. The third-order valence-corrected chi connectivity index (χ3v) is 2.78. The van der Waals surface area contributed by atoms with Gasteiger partial charge in [-0.25, -0.2) is 4.79 Å². The number of imide groups is 1. The summed E-state index contributed by atoms with van der Waals surface area (Å²) >= 11 is 0. The number of amides is 2. The smallest absolute Gasteiger partial charge is 0.326 e. The lowest BCUT2D eigenvalue weighted by Gasteiger charge is -2.13. The van der Waals surface area contributed by atoms with Crippen molar-refractivity contribution in [3.8, 4) is 0 Å². The highest BCUT2D eigenvalue weighted by atomic mass is 16.4. The van der Waals surface area contributed by atoms with Gasteiger partial charge in [0.1, 0.15) is 6.04 Å². The molecule has 0 fully saturated rings. The Bertz CT molecular complexity index is 539. The molecule has 0 aliphatic carbocycles. The summed E-state index contributed by atoms with van der Waals surface area (Å²) in [7, 11) is 0. The molecule has 18 heavy (non-hydrogen) atoms. The lowest BCUT2D eigenvalue weighted by Crippen LogP contribution is -2.28. The van der Waals surface area contributed by atoms with Crippen LogP contribution in [0.3, 0.4) is 0 Å². The second-order valence-electron chi connectivity index (χ2n) is 3.99. The van der Waals surface area contributed by atoms with Gasteiger partial charge in [-0.1, -0.05) is 6.92 Å². The van der Waals surface area contributed by atoms with Crippen molar-refractivity contribution >= 4 is 23.5 Å². The van der Waals surface area contributed by atoms with Gasteiger partial charge in [0.15, 0.2) is 0 Å². The summed E-state index contributed by atoms with van der Waals surface area (Å²) in [5, 5.41) is 13.9. The third-order valence-electron chi connectivity index (χ3n) is 2.78. The van der Waals surface area contributed by atoms with Crippen LogP contribution in [0.5, 0.6) is 0 Å². The summed E-state index contributed by atoms with van der Waals surface area (Å²) in [5.74, 6) is -1.84. The minimum Gasteiger partial charge on any atom is -0.480 e. The summed E-state index contributed by atoms with van der Waals surface area (Å²) in [4.78, 5) is 33.7. The zero-order valence-electron chi connectivity index (χ0n) is 9.69. The molecule has 1 unspecified atom stereocenters. The van der Waals surface area contributed by atoms with Crippen LogP contribution in [-0.2, 0) is 4.79 Å². The number of rotatable bonds is 4.